The van der Waals surface area contributed by atoms with E-state index < -0.39 is 24.3 Å². The number of quaternary nitrogens is 1. The zero-order valence-electron chi connectivity index (χ0n) is 59.5. The van der Waals surface area contributed by atoms with Crippen molar-refractivity contribution in [2.24, 2.45) is 0 Å². The van der Waals surface area contributed by atoms with Crippen LogP contribution < -0.4 is 5.11 Å². The third-order valence-electron chi connectivity index (χ3n) is 16.6. The lowest BCUT2D eigenvalue weighted by atomic mass is 10.0. The first-order valence-electron chi connectivity index (χ1n) is 37.9. The van der Waals surface area contributed by atoms with Gasteiger partial charge in [-0.3, -0.25) is 9.59 Å². The van der Waals surface area contributed by atoms with Gasteiger partial charge in [0, 0.05) is 12.8 Å². The van der Waals surface area contributed by atoms with Crippen LogP contribution in [0.5, 0.6) is 0 Å². The van der Waals surface area contributed by atoms with Crippen LogP contribution in [0.2, 0.25) is 0 Å². The van der Waals surface area contributed by atoms with Crippen LogP contribution in [0.4, 0.5) is 0 Å². The smallest absolute Gasteiger partial charge is 0.306 e. The normalized spacial score (nSPS) is 13.2. The van der Waals surface area contributed by atoms with E-state index in [1.54, 1.807) is 0 Å². The molecule has 0 aromatic rings. The minimum absolute atomic E-state index is 0.143. The van der Waals surface area contributed by atoms with E-state index in [1.807, 2.05) is 21.1 Å². The molecule has 0 aromatic carbocycles. The number of nitrogens with zero attached hydrogens (tertiary/aromatic N) is 1. The van der Waals surface area contributed by atoms with Gasteiger partial charge in [0.25, 0.3) is 0 Å². The van der Waals surface area contributed by atoms with Crippen molar-refractivity contribution in [1.29, 1.82) is 0 Å². The van der Waals surface area contributed by atoms with E-state index in [2.05, 4.69) is 111 Å². The lowest BCUT2D eigenvalue weighted by Gasteiger charge is -2.26. The van der Waals surface area contributed by atoms with Gasteiger partial charge < -0.3 is 33.3 Å². The van der Waals surface area contributed by atoms with Crippen molar-refractivity contribution < 1.29 is 42.9 Å². The summed E-state index contributed by atoms with van der Waals surface area (Å²) in [5, 5.41) is 11.8. The van der Waals surface area contributed by atoms with Crippen molar-refractivity contribution in [3.8, 4) is 0 Å². The number of likely N-dealkylation sites (N-methyl/N-ethyl adjacent to an activating group) is 1. The van der Waals surface area contributed by atoms with Gasteiger partial charge in [0.1, 0.15) is 13.2 Å². The van der Waals surface area contributed by atoms with Crippen molar-refractivity contribution in [3.63, 3.8) is 0 Å². The average Bonchev–Trinajstić information content (AvgIpc) is 3.72. The summed E-state index contributed by atoms with van der Waals surface area (Å²) in [6.07, 6.45) is 95.1. The molecule has 520 valence electrons. The maximum absolute atomic E-state index is 13.0. The number of carbonyl (C=O) groups excluding carboxylic acids is 3. The van der Waals surface area contributed by atoms with Gasteiger partial charge in [0.05, 0.1) is 40.3 Å². The molecule has 2 atom stereocenters. The van der Waals surface area contributed by atoms with Crippen molar-refractivity contribution >= 4 is 17.9 Å². The lowest BCUT2D eigenvalue weighted by Crippen LogP contribution is -2.44. The highest BCUT2D eigenvalue weighted by Gasteiger charge is 2.22. The molecule has 0 aliphatic carbocycles. The lowest BCUT2D eigenvalue weighted by molar-refractivity contribution is -0.870. The van der Waals surface area contributed by atoms with E-state index in [4.69, 9.17) is 18.9 Å². The average molecular weight is 1260 g/mol. The second-order valence-corrected chi connectivity index (χ2v) is 26.6. The Hall–Kier alpha value is -3.79. The minimum Gasteiger partial charge on any atom is -0.545 e. The number of hydrogen-bond acceptors (Lipinski definition) is 8. The molecule has 9 nitrogen and oxygen atoms in total. The fourth-order valence-electron chi connectivity index (χ4n) is 10.9. The number of carboxylic acids is 1. The number of carbonyl (C=O) groups is 3. The molecule has 0 heterocycles. The first kappa shape index (κ1) is 86.2. The number of unbranched alkanes of at least 4 members (excludes halogenated alkanes) is 39. The molecule has 0 aliphatic heterocycles. The molecule has 0 radical (unpaired) electrons. The van der Waals surface area contributed by atoms with Crippen molar-refractivity contribution in [2.75, 3.05) is 47.5 Å². The monoisotopic (exact) mass is 1260 g/mol. The first-order chi connectivity index (χ1) is 44.1. The van der Waals surface area contributed by atoms with Gasteiger partial charge in [-0.15, -0.1) is 0 Å². The molecule has 0 rings (SSSR count). The summed E-state index contributed by atoms with van der Waals surface area (Å²) in [6.45, 7) is 4.67. The summed E-state index contributed by atoms with van der Waals surface area (Å²) >= 11 is 0. The Kier molecular flexibility index (Phi) is 68.1. The molecule has 9 heteroatoms. The van der Waals surface area contributed by atoms with E-state index >= 15 is 0 Å². The maximum atomic E-state index is 13.0. The fourth-order valence-corrected chi connectivity index (χ4v) is 10.9. The standard InChI is InChI=1S/C81H143NO8/c1-6-8-10-12-14-16-18-20-22-24-26-28-30-32-34-36-38-40-42-44-46-48-50-52-54-56-58-60-62-64-66-68-70-72-79(84)90-77(76-89-81(80(85)86)87-74-73-82(3,4)5)75-88-78(83)71-69-67-65-63-61-59-57-55-53-51-49-47-45-43-41-39-37-35-33-31-29-27-25-23-21-19-17-15-13-11-9-7-2/h8,10,14,16,20,22,26,28,32,34,38,40,44,46,50,52,77,81H,6-7,9,11-13,15,17-19,21,23-25,27,29-31,33,35-37,39,41-43,45,47-49,51,53-76H2,1-5H3/b10-8-,16-14-,22-20-,28-26-,34-32-,40-38-,46-44-,52-50-. The van der Waals surface area contributed by atoms with Crippen LogP contribution in [0.25, 0.3) is 0 Å². The van der Waals surface area contributed by atoms with E-state index in [0.717, 1.165) is 96.3 Å². The SMILES string of the molecule is CC/C=C\C/C=C\C/C=C\C/C=C\C/C=C\C/C=C\C/C=C\C/C=C\CCCCCCCCCCC(=O)OC(COC(=O)CCCCCCCCCCCCCCCCCCCCCCCCCCCCCCCCCC)COC(OCC[N+](C)(C)C)C(=O)[O-]. The predicted octanol–water partition coefficient (Wildman–Crippen LogP) is 22.6. The summed E-state index contributed by atoms with van der Waals surface area (Å²) in [7, 11) is 5.93. The second-order valence-electron chi connectivity index (χ2n) is 26.6. The van der Waals surface area contributed by atoms with Gasteiger partial charge in [-0.2, -0.15) is 0 Å². The second kappa shape index (κ2) is 71.1. The highest BCUT2D eigenvalue weighted by molar-refractivity contribution is 5.70. The number of allylic oxidation sites excluding steroid dienone is 16. The Balaban J connectivity index is 4.09. The number of rotatable bonds is 70. The van der Waals surface area contributed by atoms with Crippen molar-refractivity contribution in [2.45, 2.75) is 354 Å². The van der Waals surface area contributed by atoms with Crippen LogP contribution in [-0.4, -0.2) is 82.3 Å². The van der Waals surface area contributed by atoms with Gasteiger partial charge >= 0.3 is 11.9 Å². The molecular formula is C81H143NO8. The molecule has 0 saturated carbocycles. The minimum atomic E-state index is -1.63. The van der Waals surface area contributed by atoms with E-state index in [-0.39, 0.29) is 32.2 Å². The Labute approximate surface area is 556 Å². The third kappa shape index (κ3) is 71.6. The van der Waals surface area contributed by atoms with Gasteiger partial charge in [-0.25, -0.2) is 0 Å². The Morgan fingerprint density at radius 3 is 0.944 bits per heavy atom. The van der Waals surface area contributed by atoms with Crippen molar-refractivity contribution in [3.05, 3.63) is 97.2 Å². The molecule has 0 fully saturated rings. The van der Waals surface area contributed by atoms with Gasteiger partial charge in [-0.05, 0) is 77.0 Å². The molecule has 0 amide bonds. The van der Waals surface area contributed by atoms with Crippen LogP contribution in [0.15, 0.2) is 97.2 Å². The van der Waals surface area contributed by atoms with E-state index in [1.165, 1.54) is 212 Å². The number of ether oxygens (including phenoxy) is 4. The molecule has 0 N–H and O–H groups in total. The van der Waals surface area contributed by atoms with Gasteiger partial charge in [0.15, 0.2) is 12.4 Å². The van der Waals surface area contributed by atoms with Crippen LogP contribution in [-0.2, 0) is 33.3 Å². The molecule has 90 heavy (non-hydrogen) atoms. The van der Waals surface area contributed by atoms with Crippen LogP contribution in [0.1, 0.15) is 341 Å². The van der Waals surface area contributed by atoms with Crippen molar-refractivity contribution in [1.82, 2.24) is 0 Å². The molecule has 0 aliphatic rings. The van der Waals surface area contributed by atoms with E-state index in [0.29, 0.717) is 23.9 Å². The molecule has 0 bridgehead atoms. The highest BCUT2D eigenvalue weighted by atomic mass is 16.7. The van der Waals surface area contributed by atoms with Crippen LogP contribution in [0.3, 0.4) is 0 Å². The highest BCUT2D eigenvalue weighted by Crippen LogP contribution is 2.19. The summed E-state index contributed by atoms with van der Waals surface area (Å²) < 4.78 is 22.8. The molecule has 0 aromatic heterocycles. The zero-order valence-corrected chi connectivity index (χ0v) is 59.5. The van der Waals surface area contributed by atoms with E-state index in [9.17, 15) is 19.5 Å². The number of aliphatic carboxylic acids is 1. The summed E-state index contributed by atoms with van der Waals surface area (Å²) in [4.78, 5) is 37.6. The van der Waals surface area contributed by atoms with Crippen LogP contribution in [0, 0.1) is 0 Å². The topological polar surface area (TPSA) is 111 Å². The number of carboxylic acid groups (broad SMARTS) is 1. The molecule has 2 unspecified atom stereocenters. The number of esters is 2. The zero-order chi connectivity index (χ0) is 65.4. The largest absolute Gasteiger partial charge is 0.545 e. The first-order valence-corrected chi connectivity index (χ1v) is 37.9. The van der Waals surface area contributed by atoms with Gasteiger partial charge in [0.2, 0.25) is 0 Å². The molecule has 0 spiro atoms. The predicted molar refractivity (Wildman–Crippen MR) is 384 cm³/mol. The van der Waals surface area contributed by atoms with Crippen LogP contribution >= 0.6 is 0 Å². The summed E-state index contributed by atoms with van der Waals surface area (Å²) in [5.74, 6) is -2.28. The Morgan fingerprint density at radius 2 is 0.633 bits per heavy atom. The summed E-state index contributed by atoms with van der Waals surface area (Å²) in [6, 6.07) is 0. The quantitative estimate of drug-likeness (QED) is 0.0195. The third-order valence-corrected chi connectivity index (χ3v) is 16.6. The Bertz CT molecular complexity index is 1800. The fraction of sp³-hybridized carbons (Fsp3) is 0.765. The number of hydrogen-bond donors (Lipinski definition) is 0. The summed E-state index contributed by atoms with van der Waals surface area (Å²) in [5.41, 5.74) is 0. The molecular weight excluding hydrogens is 1110 g/mol. The van der Waals surface area contributed by atoms with Gasteiger partial charge in [-0.1, -0.05) is 349 Å². The Morgan fingerprint density at radius 1 is 0.344 bits per heavy atom. The molecule has 0 saturated heterocycles. The maximum Gasteiger partial charge on any atom is 0.306 e.